The molecule has 3 aromatic rings. The summed E-state index contributed by atoms with van der Waals surface area (Å²) in [7, 11) is 1.85. The van der Waals surface area contributed by atoms with Crippen LogP contribution in [0.1, 0.15) is 5.56 Å². The molecule has 1 saturated heterocycles. The first kappa shape index (κ1) is 20.9. The zero-order valence-electron chi connectivity index (χ0n) is 17.9. The summed E-state index contributed by atoms with van der Waals surface area (Å²) in [5, 5.41) is 13.2. The van der Waals surface area contributed by atoms with E-state index >= 15 is 0 Å². The van der Waals surface area contributed by atoms with Gasteiger partial charge in [0.25, 0.3) is 0 Å². The van der Waals surface area contributed by atoms with Crippen molar-refractivity contribution in [3.05, 3.63) is 84.4 Å². The van der Waals surface area contributed by atoms with Gasteiger partial charge in [-0.15, -0.1) is 0 Å². The Bertz CT molecular complexity index is 981. The van der Waals surface area contributed by atoms with E-state index in [4.69, 9.17) is 0 Å². The largest absolute Gasteiger partial charge is 0.480 e. The Morgan fingerprint density at radius 1 is 0.935 bits per heavy atom. The molecule has 1 aliphatic rings. The lowest BCUT2D eigenvalue weighted by atomic mass is 10.0. The molecule has 5 heteroatoms. The van der Waals surface area contributed by atoms with Crippen molar-refractivity contribution in [1.82, 2.24) is 5.32 Å². The summed E-state index contributed by atoms with van der Waals surface area (Å²) in [5.74, 6) is -0.820. The lowest BCUT2D eigenvalue weighted by Crippen LogP contribution is -2.43. The predicted octanol–water partition coefficient (Wildman–Crippen LogP) is 3.90. The van der Waals surface area contributed by atoms with Gasteiger partial charge in [0.2, 0.25) is 0 Å². The molecular formula is C26H29N3O2. The Morgan fingerprint density at radius 3 is 2.10 bits per heavy atom. The van der Waals surface area contributed by atoms with Gasteiger partial charge >= 0.3 is 5.97 Å². The molecule has 160 valence electrons. The van der Waals surface area contributed by atoms with E-state index in [2.05, 4.69) is 46.6 Å². The molecule has 2 N–H and O–H groups in total. The molecule has 1 fully saturated rings. The number of nitrogens with zero attached hydrogens (tertiary/aromatic N) is 2. The fourth-order valence-electron chi connectivity index (χ4n) is 4.08. The number of carbonyl (C=O) groups is 1. The van der Waals surface area contributed by atoms with Crippen molar-refractivity contribution in [3.8, 4) is 11.1 Å². The van der Waals surface area contributed by atoms with E-state index in [-0.39, 0.29) is 0 Å². The SMILES string of the molecule is CN(c1ccc(-c2ccc(N3CCNCC3)cc2)cc1)C(Cc1ccccc1)C(=O)O. The van der Waals surface area contributed by atoms with Gasteiger partial charge in [0.15, 0.2) is 0 Å². The molecule has 0 aliphatic carbocycles. The molecule has 3 aromatic carbocycles. The summed E-state index contributed by atoms with van der Waals surface area (Å²) in [4.78, 5) is 16.2. The third-order valence-corrected chi connectivity index (χ3v) is 5.98. The first-order valence-electron chi connectivity index (χ1n) is 10.8. The molecule has 1 heterocycles. The summed E-state index contributed by atoms with van der Waals surface area (Å²) in [6.07, 6.45) is 0.460. The molecule has 31 heavy (non-hydrogen) atoms. The van der Waals surface area contributed by atoms with Crippen LogP contribution in [-0.2, 0) is 11.2 Å². The van der Waals surface area contributed by atoms with Gasteiger partial charge in [-0.2, -0.15) is 0 Å². The van der Waals surface area contributed by atoms with Crippen LogP contribution in [0.15, 0.2) is 78.9 Å². The number of likely N-dealkylation sites (N-methyl/N-ethyl adjacent to an activating group) is 1. The number of carboxylic acids is 1. The minimum absolute atomic E-state index is 0.460. The van der Waals surface area contributed by atoms with Crippen LogP contribution >= 0.6 is 0 Å². The van der Waals surface area contributed by atoms with Crippen molar-refractivity contribution >= 4 is 17.3 Å². The number of hydrogen-bond donors (Lipinski definition) is 2. The van der Waals surface area contributed by atoms with Crippen molar-refractivity contribution in [3.63, 3.8) is 0 Å². The van der Waals surface area contributed by atoms with E-state index in [1.165, 1.54) is 5.69 Å². The Kier molecular flexibility index (Phi) is 6.53. The highest BCUT2D eigenvalue weighted by Gasteiger charge is 2.23. The Labute approximate surface area is 183 Å². The van der Waals surface area contributed by atoms with Crippen LogP contribution in [0.2, 0.25) is 0 Å². The average molecular weight is 416 g/mol. The number of nitrogens with one attached hydrogen (secondary N) is 1. The molecule has 0 bridgehead atoms. The molecule has 0 amide bonds. The van der Waals surface area contributed by atoms with Gasteiger partial charge in [0, 0.05) is 51.0 Å². The normalized spacial score (nSPS) is 14.8. The number of hydrogen-bond acceptors (Lipinski definition) is 4. The average Bonchev–Trinajstić information content (AvgIpc) is 2.83. The number of benzene rings is 3. The summed E-state index contributed by atoms with van der Waals surface area (Å²) in [6, 6.07) is 25.9. The molecule has 5 nitrogen and oxygen atoms in total. The minimum atomic E-state index is -0.820. The van der Waals surface area contributed by atoms with Crippen LogP contribution in [0, 0.1) is 0 Å². The van der Waals surface area contributed by atoms with E-state index in [9.17, 15) is 9.90 Å². The lowest BCUT2D eigenvalue weighted by molar-refractivity contribution is -0.138. The van der Waals surface area contributed by atoms with Crippen LogP contribution in [0.3, 0.4) is 0 Å². The Balaban J connectivity index is 1.47. The maximum atomic E-state index is 11.9. The molecule has 0 saturated carbocycles. The molecule has 0 radical (unpaired) electrons. The minimum Gasteiger partial charge on any atom is -0.480 e. The van der Waals surface area contributed by atoms with E-state index < -0.39 is 12.0 Å². The highest BCUT2D eigenvalue weighted by molar-refractivity contribution is 5.79. The highest BCUT2D eigenvalue weighted by atomic mass is 16.4. The van der Waals surface area contributed by atoms with Gasteiger partial charge in [0.05, 0.1) is 0 Å². The fraction of sp³-hybridized carbons (Fsp3) is 0.269. The second kappa shape index (κ2) is 9.67. The maximum absolute atomic E-state index is 11.9. The van der Waals surface area contributed by atoms with Crippen LogP contribution in [-0.4, -0.2) is 50.3 Å². The second-order valence-electron chi connectivity index (χ2n) is 7.99. The summed E-state index contributed by atoms with van der Waals surface area (Å²) in [5.41, 5.74) is 5.45. The van der Waals surface area contributed by atoms with Gasteiger partial charge in [0.1, 0.15) is 6.04 Å². The standard InChI is InChI=1S/C26H29N3O2/c1-28(25(26(30)31)19-20-5-3-2-4-6-20)23-11-7-21(8-12-23)22-9-13-24(14-10-22)29-17-15-27-16-18-29/h2-14,25,27H,15-19H2,1H3,(H,30,31). The van der Waals surface area contributed by atoms with Crippen LogP contribution < -0.4 is 15.1 Å². The van der Waals surface area contributed by atoms with Gasteiger partial charge in [-0.25, -0.2) is 4.79 Å². The molecule has 0 spiro atoms. The number of anilines is 2. The quantitative estimate of drug-likeness (QED) is 0.613. The first-order valence-corrected chi connectivity index (χ1v) is 10.8. The van der Waals surface area contributed by atoms with Crippen LogP contribution in [0.4, 0.5) is 11.4 Å². The van der Waals surface area contributed by atoms with E-state index in [0.717, 1.165) is 48.6 Å². The van der Waals surface area contributed by atoms with E-state index in [1.807, 2.05) is 54.4 Å². The zero-order valence-corrected chi connectivity index (χ0v) is 17.9. The predicted molar refractivity (Wildman–Crippen MR) is 127 cm³/mol. The lowest BCUT2D eigenvalue weighted by Gasteiger charge is -2.29. The first-order chi connectivity index (χ1) is 15.1. The summed E-state index contributed by atoms with van der Waals surface area (Å²) in [6.45, 7) is 4.12. The molecule has 1 unspecified atom stereocenters. The third-order valence-electron chi connectivity index (χ3n) is 5.98. The van der Waals surface area contributed by atoms with Gasteiger partial charge in [-0.3, -0.25) is 0 Å². The van der Waals surface area contributed by atoms with Gasteiger partial charge in [-0.05, 0) is 41.0 Å². The van der Waals surface area contributed by atoms with E-state index in [0.29, 0.717) is 6.42 Å². The van der Waals surface area contributed by atoms with Gasteiger partial charge < -0.3 is 20.2 Å². The molecule has 1 aliphatic heterocycles. The summed E-state index contributed by atoms with van der Waals surface area (Å²) >= 11 is 0. The monoisotopic (exact) mass is 415 g/mol. The number of piperazine rings is 1. The number of carboxylic acid groups (broad SMARTS) is 1. The van der Waals surface area contributed by atoms with Crippen molar-refractivity contribution < 1.29 is 9.90 Å². The smallest absolute Gasteiger partial charge is 0.326 e. The molecule has 4 rings (SSSR count). The number of aliphatic carboxylic acids is 1. The molecule has 1 atom stereocenters. The van der Waals surface area contributed by atoms with Crippen molar-refractivity contribution in [2.24, 2.45) is 0 Å². The van der Waals surface area contributed by atoms with Crippen LogP contribution in [0.25, 0.3) is 11.1 Å². The van der Waals surface area contributed by atoms with Crippen molar-refractivity contribution in [1.29, 1.82) is 0 Å². The second-order valence-corrected chi connectivity index (χ2v) is 7.99. The fourth-order valence-corrected chi connectivity index (χ4v) is 4.08. The van der Waals surface area contributed by atoms with Crippen LogP contribution in [0.5, 0.6) is 0 Å². The molecular weight excluding hydrogens is 386 g/mol. The summed E-state index contributed by atoms with van der Waals surface area (Å²) < 4.78 is 0. The van der Waals surface area contributed by atoms with Crippen molar-refractivity contribution in [2.75, 3.05) is 43.0 Å². The van der Waals surface area contributed by atoms with E-state index in [1.54, 1.807) is 0 Å². The van der Waals surface area contributed by atoms with Gasteiger partial charge in [-0.1, -0.05) is 54.6 Å². The Morgan fingerprint density at radius 2 is 1.52 bits per heavy atom. The Hall–Kier alpha value is -3.31. The topological polar surface area (TPSA) is 55.8 Å². The number of rotatable bonds is 7. The highest BCUT2D eigenvalue weighted by Crippen LogP contribution is 2.26. The molecule has 0 aromatic heterocycles. The van der Waals surface area contributed by atoms with Crippen molar-refractivity contribution in [2.45, 2.75) is 12.5 Å². The maximum Gasteiger partial charge on any atom is 0.326 e. The zero-order chi connectivity index (χ0) is 21.6. The third kappa shape index (κ3) is 5.06.